The molecular formula is C27H27N7O2S. The summed E-state index contributed by atoms with van der Waals surface area (Å²) in [7, 11) is 0. The zero-order valence-corrected chi connectivity index (χ0v) is 21.2. The minimum absolute atomic E-state index is 0.145. The number of nitrogens with one attached hydrogen (secondary N) is 1. The average molecular weight is 514 g/mol. The molecule has 10 heteroatoms. The largest absolute Gasteiger partial charge is 0.486 e. The van der Waals surface area contributed by atoms with Crippen molar-refractivity contribution in [2.24, 2.45) is 5.41 Å². The molecule has 0 radical (unpaired) electrons. The molecule has 0 bridgehead atoms. The summed E-state index contributed by atoms with van der Waals surface area (Å²) in [6.07, 6.45) is 14.1. The van der Waals surface area contributed by atoms with E-state index in [0.717, 1.165) is 71.7 Å². The maximum atomic E-state index is 6.18. The van der Waals surface area contributed by atoms with Crippen LogP contribution in [0, 0.1) is 5.41 Å². The molecule has 9 nitrogen and oxygen atoms in total. The number of fused-ring (bicyclic) bond motifs is 3. The van der Waals surface area contributed by atoms with Crippen molar-refractivity contribution in [3.05, 3.63) is 60.4 Å². The maximum Gasteiger partial charge on any atom is 0.211 e. The number of anilines is 2. The molecule has 0 atom stereocenters. The molecule has 4 aliphatic rings. The highest BCUT2D eigenvalue weighted by Gasteiger charge is 2.44. The van der Waals surface area contributed by atoms with Gasteiger partial charge in [-0.1, -0.05) is 17.8 Å². The number of nitrogens with zero attached hydrogens (tertiary/aromatic N) is 6. The van der Waals surface area contributed by atoms with Gasteiger partial charge >= 0.3 is 0 Å². The molecule has 2 fully saturated rings. The Morgan fingerprint density at radius 3 is 2.68 bits per heavy atom. The lowest BCUT2D eigenvalue weighted by Crippen LogP contribution is -2.61. The van der Waals surface area contributed by atoms with E-state index in [0.29, 0.717) is 25.2 Å². The lowest BCUT2D eigenvalue weighted by atomic mass is 9.76. The fourth-order valence-corrected chi connectivity index (χ4v) is 7.16. The first-order valence-electron chi connectivity index (χ1n) is 12.8. The molecular weight excluding hydrogens is 486 g/mol. The van der Waals surface area contributed by atoms with Gasteiger partial charge in [-0.2, -0.15) is 0 Å². The zero-order valence-electron chi connectivity index (χ0n) is 20.4. The highest BCUT2D eigenvalue weighted by molar-refractivity contribution is 7.99. The Hall–Kier alpha value is -3.37. The molecule has 7 heterocycles. The van der Waals surface area contributed by atoms with E-state index < -0.39 is 0 Å². The van der Waals surface area contributed by atoms with Crippen molar-refractivity contribution in [2.45, 2.75) is 41.0 Å². The number of imidazole rings is 1. The van der Waals surface area contributed by atoms with Crippen LogP contribution in [0.25, 0.3) is 5.65 Å². The first kappa shape index (κ1) is 21.7. The highest BCUT2D eigenvalue weighted by atomic mass is 32.2. The second-order valence-electron chi connectivity index (χ2n) is 10.8. The van der Waals surface area contributed by atoms with Crippen LogP contribution in [0.3, 0.4) is 0 Å². The van der Waals surface area contributed by atoms with E-state index in [4.69, 9.17) is 19.4 Å². The summed E-state index contributed by atoms with van der Waals surface area (Å²) in [5.41, 5.74) is 3.83. The summed E-state index contributed by atoms with van der Waals surface area (Å²) >= 11 is 1.62. The zero-order chi connectivity index (χ0) is 24.5. The van der Waals surface area contributed by atoms with E-state index in [-0.39, 0.29) is 5.54 Å². The van der Waals surface area contributed by atoms with E-state index in [1.807, 2.05) is 37.1 Å². The van der Waals surface area contributed by atoms with Gasteiger partial charge in [0.05, 0.1) is 23.0 Å². The fraction of sp³-hybridized carbons (Fsp3) is 0.407. The molecule has 4 aromatic heterocycles. The molecule has 0 amide bonds. The summed E-state index contributed by atoms with van der Waals surface area (Å²) < 4.78 is 13.7. The SMILES string of the molecule is c1cnc2c(c1)CC1(CCN(c3ncc(Sc4ccnc5c4OCC4(COC4)N5)c4nccn34)CC1)C2. The van der Waals surface area contributed by atoms with Crippen LogP contribution in [0.1, 0.15) is 24.1 Å². The van der Waals surface area contributed by atoms with Crippen LogP contribution in [-0.4, -0.2) is 62.8 Å². The number of ether oxygens (including phenoxy) is 2. The summed E-state index contributed by atoms with van der Waals surface area (Å²) in [4.78, 5) is 23.2. The summed E-state index contributed by atoms with van der Waals surface area (Å²) in [5.74, 6) is 2.52. The number of aromatic nitrogens is 5. The first-order valence-corrected chi connectivity index (χ1v) is 13.7. The van der Waals surface area contributed by atoms with Crippen LogP contribution >= 0.6 is 11.8 Å². The van der Waals surface area contributed by atoms with E-state index in [1.54, 1.807) is 11.8 Å². The molecule has 0 aromatic carbocycles. The third-order valence-electron chi connectivity index (χ3n) is 8.29. The van der Waals surface area contributed by atoms with Crippen molar-refractivity contribution in [3.63, 3.8) is 0 Å². The Morgan fingerprint density at radius 1 is 0.919 bits per heavy atom. The molecule has 0 unspecified atom stereocenters. The Morgan fingerprint density at radius 2 is 1.84 bits per heavy atom. The van der Waals surface area contributed by atoms with Gasteiger partial charge in [-0.25, -0.2) is 15.0 Å². The molecule has 0 saturated carbocycles. The van der Waals surface area contributed by atoms with E-state index in [2.05, 4.69) is 36.7 Å². The summed E-state index contributed by atoms with van der Waals surface area (Å²) in [5, 5.41) is 3.53. The molecule has 1 N–H and O–H groups in total. The van der Waals surface area contributed by atoms with Crippen LogP contribution in [0.4, 0.5) is 11.8 Å². The predicted octanol–water partition coefficient (Wildman–Crippen LogP) is 3.63. The van der Waals surface area contributed by atoms with Crippen LogP contribution in [0.15, 0.2) is 59.0 Å². The van der Waals surface area contributed by atoms with Gasteiger partial charge in [0, 0.05) is 49.8 Å². The first-order chi connectivity index (χ1) is 18.2. The minimum Gasteiger partial charge on any atom is -0.486 e. The van der Waals surface area contributed by atoms with Gasteiger partial charge in [-0.3, -0.25) is 9.38 Å². The van der Waals surface area contributed by atoms with Crippen molar-refractivity contribution in [1.82, 2.24) is 24.3 Å². The molecule has 1 aliphatic carbocycles. The van der Waals surface area contributed by atoms with Gasteiger partial charge in [0.1, 0.15) is 12.1 Å². The van der Waals surface area contributed by atoms with Gasteiger partial charge in [-0.05, 0) is 48.8 Å². The topological polar surface area (TPSA) is 89.7 Å². The normalized spacial score (nSPS) is 20.8. The molecule has 2 saturated heterocycles. The van der Waals surface area contributed by atoms with E-state index >= 15 is 0 Å². The van der Waals surface area contributed by atoms with Gasteiger partial charge < -0.3 is 19.7 Å². The molecule has 2 spiro atoms. The lowest BCUT2D eigenvalue weighted by Gasteiger charge is -2.45. The van der Waals surface area contributed by atoms with Gasteiger partial charge in [0.25, 0.3) is 0 Å². The minimum atomic E-state index is -0.145. The van der Waals surface area contributed by atoms with Crippen molar-refractivity contribution in [2.75, 3.05) is 43.1 Å². The monoisotopic (exact) mass is 513 g/mol. The van der Waals surface area contributed by atoms with Gasteiger partial charge in [0.2, 0.25) is 5.95 Å². The number of pyridine rings is 2. The number of hydrogen-bond donors (Lipinski definition) is 1. The van der Waals surface area contributed by atoms with Crippen LogP contribution in [-0.2, 0) is 17.6 Å². The number of hydrogen-bond acceptors (Lipinski definition) is 9. The Kier molecular flexibility index (Phi) is 4.73. The maximum absolute atomic E-state index is 6.18. The molecule has 3 aliphatic heterocycles. The number of rotatable bonds is 3. The second kappa shape index (κ2) is 8.06. The predicted molar refractivity (Wildman–Crippen MR) is 140 cm³/mol. The number of piperidine rings is 1. The van der Waals surface area contributed by atoms with Crippen molar-refractivity contribution < 1.29 is 9.47 Å². The average Bonchev–Trinajstić information content (AvgIpc) is 3.54. The molecule has 8 rings (SSSR count). The van der Waals surface area contributed by atoms with Crippen molar-refractivity contribution >= 4 is 29.2 Å². The van der Waals surface area contributed by atoms with Crippen molar-refractivity contribution in [1.29, 1.82) is 0 Å². The molecule has 37 heavy (non-hydrogen) atoms. The third kappa shape index (κ3) is 3.49. The van der Waals surface area contributed by atoms with E-state index in [9.17, 15) is 0 Å². The standard InChI is InChI=1S/C27H27N7O2S/c1-2-18-12-26(13-19(18)28-6-1)4-9-33(10-5-26)25-31-14-21(24-30-8-11-34(24)25)37-20-3-7-29-23-22(20)36-17-27(32-23)15-35-16-27/h1-3,6-8,11,14H,4-5,9-10,12-13,15-17H2,(H,29,32). The van der Waals surface area contributed by atoms with Gasteiger partial charge in [-0.15, -0.1) is 0 Å². The lowest BCUT2D eigenvalue weighted by molar-refractivity contribution is -0.0652. The third-order valence-corrected chi connectivity index (χ3v) is 9.34. The van der Waals surface area contributed by atoms with Crippen LogP contribution in [0.2, 0.25) is 0 Å². The summed E-state index contributed by atoms with van der Waals surface area (Å²) in [6.45, 7) is 3.85. The van der Waals surface area contributed by atoms with Crippen LogP contribution in [0.5, 0.6) is 5.75 Å². The highest BCUT2D eigenvalue weighted by Crippen LogP contribution is 2.46. The summed E-state index contributed by atoms with van der Waals surface area (Å²) in [6, 6.07) is 6.31. The Balaban J connectivity index is 1.04. The van der Waals surface area contributed by atoms with Gasteiger partial charge in [0.15, 0.2) is 17.2 Å². The van der Waals surface area contributed by atoms with Crippen molar-refractivity contribution in [3.8, 4) is 5.75 Å². The van der Waals surface area contributed by atoms with E-state index in [1.165, 1.54) is 11.3 Å². The second-order valence-corrected chi connectivity index (χ2v) is 11.9. The molecule has 4 aromatic rings. The quantitative estimate of drug-likeness (QED) is 0.441. The smallest absolute Gasteiger partial charge is 0.211 e. The fourth-order valence-electron chi connectivity index (χ4n) is 6.20. The Labute approximate surface area is 218 Å². The van der Waals surface area contributed by atoms with Crippen LogP contribution < -0.4 is 15.0 Å². The molecule has 188 valence electrons. The Bertz CT molecular complexity index is 1480.